The highest BCUT2D eigenvalue weighted by Crippen LogP contribution is 2.41. The summed E-state index contributed by atoms with van der Waals surface area (Å²) in [5, 5.41) is 18.7. The Hall–Kier alpha value is -1.69. The summed E-state index contributed by atoms with van der Waals surface area (Å²) in [6.45, 7) is 0. The molecule has 0 aliphatic heterocycles. The summed E-state index contributed by atoms with van der Waals surface area (Å²) in [6, 6.07) is 4.48. The standard InChI is InChI=1S/C15H13Cl2N3O2/c1-20(15(22)8-2-3-18-19-7-8)14-11-4-9(16)5-12(17)10(11)6-13(14)21/h2-5,7,13-14,21H,6H2,1H3/t13-,14+/m1/s1. The fourth-order valence-corrected chi connectivity index (χ4v) is 3.43. The highest BCUT2D eigenvalue weighted by atomic mass is 35.5. The van der Waals surface area contributed by atoms with E-state index in [4.69, 9.17) is 23.2 Å². The van der Waals surface area contributed by atoms with Crippen molar-refractivity contribution in [2.75, 3.05) is 7.05 Å². The van der Waals surface area contributed by atoms with Crippen LogP contribution in [0.5, 0.6) is 0 Å². The molecule has 1 aliphatic carbocycles. The van der Waals surface area contributed by atoms with E-state index in [0.29, 0.717) is 22.0 Å². The van der Waals surface area contributed by atoms with Crippen LogP contribution in [-0.4, -0.2) is 39.3 Å². The number of aliphatic hydroxyl groups is 1. The number of hydrogen-bond acceptors (Lipinski definition) is 4. The van der Waals surface area contributed by atoms with Crippen molar-refractivity contribution in [3.8, 4) is 0 Å². The molecule has 3 rings (SSSR count). The van der Waals surface area contributed by atoms with Crippen LogP contribution in [0.15, 0.2) is 30.6 Å². The molecule has 0 fully saturated rings. The van der Waals surface area contributed by atoms with E-state index in [1.807, 2.05) is 0 Å². The van der Waals surface area contributed by atoms with Gasteiger partial charge in [0.05, 0.1) is 30.1 Å². The fraction of sp³-hybridized carbons (Fsp3) is 0.267. The van der Waals surface area contributed by atoms with Crippen molar-refractivity contribution in [1.29, 1.82) is 0 Å². The molecule has 114 valence electrons. The number of rotatable bonds is 2. The third kappa shape index (κ3) is 2.56. The summed E-state index contributed by atoms with van der Waals surface area (Å²) in [7, 11) is 1.64. The van der Waals surface area contributed by atoms with Gasteiger partial charge in [-0.3, -0.25) is 4.79 Å². The van der Waals surface area contributed by atoms with Crippen LogP contribution in [0.1, 0.15) is 27.5 Å². The van der Waals surface area contributed by atoms with Crippen molar-refractivity contribution in [1.82, 2.24) is 15.1 Å². The van der Waals surface area contributed by atoms with Gasteiger partial charge in [0, 0.05) is 23.5 Å². The number of likely N-dealkylation sites (N-methyl/N-ethyl adjacent to an activating group) is 1. The number of aliphatic hydroxyl groups excluding tert-OH is 1. The molecule has 1 aromatic heterocycles. The van der Waals surface area contributed by atoms with Crippen LogP contribution < -0.4 is 0 Å². The lowest BCUT2D eigenvalue weighted by atomic mass is 10.1. The molecule has 1 aliphatic rings. The van der Waals surface area contributed by atoms with Crippen LogP contribution in [-0.2, 0) is 6.42 Å². The average molecular weight is 338 g/mol. The Labute approximate surface area is 137 Å². The van der Waals surface area contributed by atoms with Gasteiger partial charge >= 0.3 is 0 Å². The second kappa shape index (κ2) is 5.83. The van der Waals surface area contributed by atoms with Gasteiger partial charge in [-0.2, -0.15) is 10.2 Å². The van der Waals surface area contributed by atoms with Crippen molar-refractivity contribution in [2.45, 2.75) is 18.6 Å². The lowest BCUT2D eigenvalue weighted by Gasteiger charge is -2.28. The third-order valence-electron chi connectivity index (χ3n) is 3.86. The van der Waals surface area contributed by atoms with Crippen molar-refractivity contribution in [3.63, 3.8) is 0 Å². The van der Waals surface area contributed by atoms with Gasteiger partial charge in [-0.05, 0) is 29.3 Å². The molecule has 1 heterocycles. The molecule has 0 radical (unpaired) electrons. The minimum Gasteiger partial charge on any atom is -0.390 e. The molecule has 0 spiro atoms. The third-order valence-corrected chi connectivity index (χ3v) is 4.42. The monoisotopic (exact) mass is 337 g/mol. The van der Waals surface area contributed by atoms with Gasteiger partial charge in [0.2, 0.25) is 0 Å². The molecular formula is C15H13Cl2N3O2. The minimum absolute atomic E-state index is 0.247. The van der Waals surface area contributed by atoms with E-state index in [9.17, 15) is 9.90 Å². The Morgan fingerprint density at radius 1 is 1.36 bits per heavy atom. The summed E-state index contributed by atoms with van der Waals surface area (Å²) in [6.07, 6.45) is 2.51. The fourth-order valence-electron chi connectivity index (χ4n) is 2.84. The molecule has 2 aromatic rings. The number of fused-ring (bicyclic) bond motifs is 1. The summed E-state index contributed by atoms with van der Waals surface area (Å²) in [5.41, 5.74) is 2.02. The maximum Gasteiger partial charge on any atom is 0.255 e. The Balaban J connectivity index is 1.98. The predicted octanol–water partition coefficient (Wildman–Crippen LogP) is 2.51. The van der Waals surface area contributed by atoms with Gasteiger partial charge in [0.15, 0.2) is 0 Å². The largest absolute Gasteiger partial charge is 0.390 e. The maximum absolute atomic E-state index is 12.5. The molecule has 5 nitrogen and oxygen atoms in total. The summed E-state index contributed by atoms with van der Waals surface area (Å²) >= 11 is 12.2. The maximum atomic E-state index is 12.5. The Kier molecular flexibility index (Phi) is 4.04. The van der Waals surface area contributed by atoms with Crippen molar-refractivity contribution < 1.29 is 9.90 Å². The first-order chi connectivity index (χ1) is 10.5. The number of carbonyl (C=O) groups is 1. The van der Waals surface area contributed by atoms with Crippen LogP contribution in [0.2, 0.25) is 10.0 Å². The molecular weight excluding hydrogens is 325 g/mol. The van der Waals surface area contributed by atoms with Crippen molar-refractivity contribution >= 4 is 29.1 Å². The van der Waals surface area contributed by atoms with Crippen LogP contribution in [0.3, 0.4) is 0 Å². The van der Waals surface area contributed by atoms with Crippen LogP contribution in [0.25, 0.3) is 0 Å². The average Bonchev–Trinajstić information content (AvgIpc) is 2.83. The highest BCUT2D eigenvalue weighted by Gasteiger charge is 2.37. The lowest BCUT2D eigenvalue weighted by molar-refractivity contribution is 0.0497. The van der Waals surface area contributed by atoms with Gasteiger partial charge in [-0.25, -0.2) is 0 Å². The smallest absolute Gasteiger partial charge is 0.255 e. The zero-order valence-electron chi connectivity index (χ0n) is 11.7. The van der Waals surface area contributed by atoms with E-state index in [0.717, 1.165) is 11.1 Å². The van der Waals surface area contributed by atoms with Gasteiger partial charge in [-0.1, -0.05) is 23.2 Å². The first-order valence-electron chi connectivity index (χ1n) is 6.68. The number of carbonyl (C=O) groups excluding carboxylic acids is 1. The number of aromatic nitrogens is 2. The molecule has 22 heavy (non-hydrogen) atoms. The zero-order chi connectivity index (χ0) is 15.9. The quantitative estimate of drug-likeness (QED) is 0.914. The summed E-state index contributed by atoms with van der Waals surface area (Å²) < 4.78 is 0. The lowest BCUT2D eigenvalue weighted by Crippen LogP contribution is -2.36. The van der Waals surface area contributed by atoms with E-state index in [2.05, 4.69) is 10.2 Å². The number of amides is 1. The van der Waals surface area contributed by atoms with Gasteiger partial charge < -0.3 is 10.0 Å². The minimum atomic E-state index is -0.727. The SMILES string of the molecule is CN(C(=O)c1ccnnc1)[C@H]1c2cc(Cl)cc(Cl)c2C[C@H]1O. The van der Waals surface area contributed by atoms with Crippen molar-refractivity contribution in [3.05, 3.63) is 57.3 Å². The number of benzene rings is 1. The van der Waals surface area contributed by atoms with E-state index >= 15 is 0 Å². The zero-order valence-corrected chi connectivity index (χ0v) is 13.2. The van der Waals surface area contributed by atoms with E-state index in [-0.39, 0.29) is 5.91 Å². The Bertz CT molecular complexity index is 724. The van der Waals surface area contributed by atoms with Gasteiger partial charge in [0.25, 0.3) is 5.91 Å². The first kappa shape index (κ1) is 15.2. The van der Waals surface area contributed by atoms with Crippen LogP contribution >= 0.6 is 23.2 Å². The second-order valence-electron chi connectivity index (χ2n) is 5.22. The number of nitrogens with zero attached hydrogens (tertiary/aromatic N) is 3. The molecule has 1 aromatic carbocycles. The molecule has 7 heteroatoms. The molecule has 0 saturated carbocycles. The molecule has 0 unspecified atom stereocenters. The molecule has 0 bridgehead atoms. The Morgan fingerprint density at radius 3 is 2.82 bits per heavy atom. The summed E-state index contributed by atoms with van der Waals surface area (Å²) in [5.74, 6) is -0.247. The van der Waals surface area contributed by atoms with Crippen molar-refractivity contribution in [2.24, 2.45) is 0 Å². The number of halogens is 2. The van der Waals surface area contributed by atoms with Crippen LogP contribution in [0.4, 0.5) is 0 Å². The first-order valence-corrected chi connectivity index (χ1v) is 7.44. The van der Waals surface area contributed by atoms with Crippen LogP contribution in [0, 0.1) is 0 Å². The van der Waals surface area contributed by atoms with E-state index in [1.165, 1.54) is 17.3 Å². The summed E-state index contributed by atoms with van der Waals surface area (Å²) in [4.78, 5) is 14.0. The Morgan fingerprint density at radius 2 is 2.14 bits per heavy atom. The predicted molar refractivity (Wildman–Crippen MR) is 83.0 cm³/mol. The second-order valence-corrected chi connectivity index (χ2v) is 6.06. The molecule has 1 amide bonds. The molecule has 1 N–H and O–H groups in total. The number of hydrogen-bond donors (Lipinski definition) is 1. The molecule has 0 saturated heterocycles. The normalized spacial score (nSPS) is 19.8. The van der Waals surface area contributed by atoms with Gasteiger partial charge in [-0.15, -0.1) is 0 Å². The van der Waals surface area contributed by atoms with Gasteiger partial charge in [0.1, 0.15) is 0 Å². The van der Waals surface area contributed by atoms with E-state index in [1.54, 1.807) is 25.2 Å². The van der Waals surface area contributed by atoms with E-state index < -0.39 is 12.1 Å². The highest BCUT2D eigenvalue weighted by molar-refractivity contribution is 6.35. The topological polar surface area (TPSA) is 66.3 Å². The molecule has 2 atom stereocenters.